The van der Waals surface area contributed by atoms with Crippen LogP contribution in [0.5, 0.6) is 11.5 Å². The fourth-order valence-electron chi connectivity index (χ4n) is 3.06. The number of benzene rings is 1. The highest BCUT2D eigenvalue weighted by atomic mass is 16.5. The second kappa shape index (κ2) is 6.58. The number of ether oxygens (including phenoxy) is 2. The van der Waals surface area contributed by atoms with Gasteiger partial charge in [0.15, 0.2) is 11.5 Å². The topological polar surface area (TPSA) is 71.4 Å². The van der Waals surface area contributed by atoms with Gasteiger partial charge in [-0.15, -0.1) is 0 Å². The molecule has 0 radical (unpaired) electrons. The van der Waals surface area contributed by atoms with Gasteiger partial charge in [-0.25, -0.2) is 0 Å². The molecule has 1 unspecified atom stereocenters. The van der Waals surface area contributed by atoms with E-state index >= 15 is 0 Å². The maximum Gasteiger partial charge on any atom is 0.258 e. The van der Waals surface area contributed by atoms with Crippen LogP contribution in [0.3, 0.4) is 0 Å². The third-order valence-electron chi connectivity index (χ3n) is 4.33. The molecule has 2 aliphatic heterocycles. The molecular formula is C17H22N2O4. The number of hydrogen-bond donors (Lipinski definition) is 1. The maximum atomic E-state index is 13.0. The summed E-state index contributed by atoms with van der Waals surface area (Å²) in [4.78, 5) is 19.1. The summed E-state index contributed by atoms with van der Waals surface area (Å²) in [6.45, 7) is 2.76. The van der Waals surface area contributed by atoms with Gasteiger partial charge >= 0.3 is 0 Å². The molecular weight excluding hydrogens is 296 g/mol. The Morgan fingerprint density at radius 2 is 2.22 bits per heavy atom. The minimum Gasteiger partial charge on any atom is -0.504 e. The zero-order chi connectivity index (χ0) is 16.4. The Morgan fingerprint density at radius 3 is 2.96 bits per heavy atom. The lowest BCUT2D eigenvalue weighted by Gasteiger charge is -2.27. The van der Waals surface area contributed by atoms with Crippen molar-refractivity contribution in [2.45, 2.75) is 44.9 Å². The number of methoxy groups -OCH3 is 1. The number of carbonyl (C=O) groups excluding carboxylic acids is 1. The number of carbonyl (C=O) groups is 1. The molecule has 1 amide bonds. The van der Waals surface area contributed by atoms with Gasteiger partial charge in [-0.05, 0) is 25.3 Å². The van der Waals surface area contributed by atoms with Crippen LogP contribution in [0.25, 0.3) is 0 Å². The fourth-order valence-corrected chi connectivity index (χ4v) is 3.06. The molecule has 0 spiro atoms. The van der Waals surface area contributed by atoms with Gasteiger partial charge in [0.05, 0.1) is 24.4 Å². The van der Waals surface area contributed by atoms with E-state index in [4.69, 9.17) is 9.47 Å². The lowest BCUT2D eigenvalue weighted by molar-refractivity contribution is -0.0296. The van der Waals surface area contributed by atoms with E-state index in [1.807, 2.05) is 0 Å². The first-order valence-corrected chi connectivity index (χ1v) is 8.05. The van der Waals surface area contributed by atoms with Crippen LogP contribution in [-0.2, 0) is 4.74 Å². The van der Waals surface area contributed by atoms with Gasteiger partial charge in [-0.2, -0.15) is 0 Å². The predicted octanol–water partition coefficient (Wildman–Crippen LogP) is 2.86. The molecule has 0 aliphatic carbocycles. The van der Waals surface area contributed by atoms with Crippen LogP contribution < -0.4 is 4.74 Å². The van der Waals surface area contributed by atoms with E-state index in [2.05, 4.69) is 11.9 Å². The van der Waals surface area contributed by atoms with Crippen molar-refractivity contribution in [3.63, 3.8) is 0 Å². The highest BCUT2D eigenvalue weighted by Crippen LogP contribution is 2.38. The van der Waals surface area contributed by atoms with Gasteiger partial charge in [0, 0.05) is 18.9 Å². The van der Waals surface area contributed by atoms with Crippen LogP contribution in [0.4, 0.5) is 5.69 Å². The molecule has 1 aromatic carbocycles. The number of aliphatic imine (C=N–C) groups is 1. The van der Waals surface area contributed by atoms with Crippen molar-refractivity contribution in [1.29, 1.82) is 0 Å². The van der Waals surface area contributed by atoms with Crippen molar-refractivity contribution in [3.8, 4) is 11.5 Å². The summed E-state index contributed by atoms with van der Waals surface area (Å²) in [5.74, 6) is 0.127. The lowest BCUT2D eigenvalue weighted by Crippen LogP contribution is -2.42. The average molecular weight is 318 g/mol. The fraction of sp³-hybridized carbons (Fsp3) is 0.529. The lowest BCUT2D eigenvalue weighted by atomic mass is 10.1. The van der Waals surface area contributed by atoms with E-state index in [0.717, 1.165) is 25.7 Å². The number of aromatic hydroxyl groups is 1. The SMILES string of the molecule is CCCCO[C@@H]1CCC2C=Nc3cc(O)c(OC)cc3C(=O)N21. The average Bonchev–Trinajstić information content (AvgIpc) is 2.89. The number of nitrogens with zero attached hydrogens (tertiary/aromatic N) is 2. The van der Waals surface area contributed by atoms with Gasteiger partial charge in [-0.1, -0.05) is 13.3 Å². The number of unbranched alkanes of at least 4 members (excludes halogenated alkanes) is 1. The summed E-state index contributed by atoms with van der Waals surface area (Å²) < 4.78 is 11.0. The molecule has 0 bridgehead atoms. The molecule has 2 atom stereocenters. The summed E-state index contributed by atoms with van der Waals surface area (Å²) in [5.41, 5.74) is 0.902. The van der Waals surface area contributed by atoms with Crippen molar-refractivity contribution >= 4 is 17.8 Å². The van der Waals surface area contributed by atoms with Crippen molar-refractivity contribution in [3.05, 3.63) is 17.7 Å². The molecule has 0 aromatic heterocycles. The van der Waals surface area contributed by atoms with Crippen LogP contribution in [0.15, 0.2) is 17.1 Å². The minimum absolute atomic E-state index is 0.0194. The molecule has 6 heteroatoms. The summed E-state index contributed by atoms with van der Waals surface area (Å²) >= 11 is 0. The molecule has 2 heterocycles. The summed E-state index contributed by atoms with van der Waals surface area (Å²) in [6, 6.07) is 2.96. The van der Waals surface area contributed by atoms with Gasteiger partial charge in [-0.3, -0.25) is 9.79 Å². The molecule has 6 nitrogen and oxygen atoms in total. The number of amides is 1. The highest BCUT2D eigenvalue weighted by molar-refractivity contribution is 6.03. The van der Waals surface area contributed by atoms with Gasteiger partial charge in [0.2, 0.25) is 0 Å². The first-order chi connectivity index (χ1) is 11.2. The Bertz CT molecular complexity index is 629. The van der Waals surface area contributed by atoms with Crippen molar-refractivity contribution < 1.29 is 19.4 Å². The Kier molecular flexibility index (Phi) is 4.52. The monoisotopic (exact) mass is 318 g/mol. The summed E-state index contributed by atoms with van der Waals surface area (Å²) in [5, 5.41) is 9.89. The molecule has 124 valence electrons. The van der Waals surface area contributed by atoms with Crippen molar-refractivity contribution in [2.75, 3.05) is 13.7 Å². The molecule has 0 saturated carbocycles. The molecule has 1 fully saturated rings. The zero-order valence-corrected chi connectivity index (χ0v) is 13.5. The van der Waals surface area contributed by atoms with Crippen LogP contribution in [0.2, 0.25) is 0 Å². The molecule has 3 rings (SSSR count). The standard InChI is InChI=1S/C17H22N2O4/c1-3-4-7-23-16-6-5-11-10-18-13-9-14(20)15(22-2)8-12(13)17(21)19(11)16/h8-11,16,20H,3-7H2,1-2H3/t11?,16-/m1/s1. The maximum absolute atomic E-state index is 13.0. The molecule has 1 N–H and O–H groups in total. The zero-order valence-electron chi connectivity index (χ0n) is 13.5. The Hall–Kier alpha value is -2.08. The second-order valence-corrected chi connectivity index (χ2v) is 5.86. The first-order valence-electron chi connectivity index (χ1n) is 8.05. The third kappa shape index (κ3) is 2.91. The number of phenolic OH excluding ortho intramolecular Hbond substituents is 1. The van der Waals surface area contributed by atoms with E-state index in [0.29, 0.717) is 17.9 Å². The molecule has 1 saturated heterocycles. The summed E-state index contributed by atoms with van der Waals surface area (Å²) in [6.07, 6.45) is 5.26. The number of phenols is 1. The van der Waals surface area contributed by atoms with Gasteiger partial charge < -0.3 is 19.5 Å². The largest absolute Gasteiger partial charge is 0.504 e. The van der Waals surface area contributed by atoms with Crippen LogP contribution in [0.1, 0.15) is 43.0 Å². The quantitative estimate of drug-likeness (QED) is 0.847. The van der Waals surface area contributed by atoms with Crippen LogP contribution in [0, 0.1) is 0 Å². The van der Waals surface area contributed by atoms with Gasteiger partial charge in [0.25, 0.3) is 5.91 Å². The predicted molar refractivity (Wildman–Crippen MR) is 86.7 cm³/mol. The minimum atomic E-state index is -0.212. The second-order valence-electron chi connectivity index (χ2n) is 5.86. The normalized spacial score (nSPS) is 22.7. The third-order valence-corrected chi connectivity index (χ3v) is 4.33. The molecule has 2 aliphatic rings. The van der Waals surface area contributed by atoms with Crippen molar-refractivity contribution in [1.82, 2.24) is 4.90 Å². The molecule has 1 aromatic rings. The van der Waals surface area contributed by atoms with E-state index in [1.54, 1.807) is 17.2 Å². The number of rotatable bonds is 5. The Balaban J connectivity index is 1.90. The molecule has 23 heavy (non-hydrogen) atoms. The van der Waals surface area contributed by atoms with Gasteiger partial charge in [0.1, 0.15) is 6.23 Å². The van der Waals surface area contributed by atoms with E-state index in [9.17, 15) is 9.90 Å². The highest BCUT2D eigenvalue weighted by Gasteiger charge is 2.39. The summed E-state index contributed by atoms with van der Waals surface area (Å²) in [7, 11) is 1.46. The Labute approximate surface area is 135 Å². The number of hydrogen-bond acceptors (Lipinski definition) is 5. The smallest absolute Gasteiger partial charge is 0.258 e. The number of fused-ring (bicyclic) bond motifs is 2. The first kappa shape index (κ1) is 15.8. The van der Waals surface area contributed by atoms with Crippen molar-refractivity contribution in [2.24, 2.45) is 4.99 Å². The van der Waals surface area contributed by atoms with E-state index in [1.165, 1.54) is 13.2 Å². The van der Waals surface area contributed by atoms with Crippen LogP contribution in [-0.4, -0.2) is 48.1 Å². The van der Waals surface area contributed by atoms with Crippen LogP contribution >= 0.6 is 0 Å². The Morgan fingerprint density at radius 1 is 1.39 bits per heavy atom. The van der Waals surface area contributed by atoms with E-state index in [-0.39, 0.29) is 29.7 Å². The van der Waals surface area contributed by atoms with E-state index < -0.39 is 0 Å².